The highest BCUT2D eigenvalue weighted by atomic mass is 32.1. The zero-order valence-corrected chi connectivity index (χ0v) is 10.6. The van der Waals surface area contributed by atoms with E-state index >= 15 is 0 Å². The van der Waals surface area contributed by atoms with Gasteiger partial charge in [0.25, 0.3) is 5.91 Å². The number of carbonyl (C=O) groups is 2. The number of carboxylic acid groups (broad SMARTS) is 1. The summed E-state index contributed by atoms with van der Waals surface area (Å²) in [4.78, 5) is 26.6. The number of ether oxygens (including phenoxy) is 1. The van der Waals surface area contributed by atoms with Gasteiger partial charge in [0.2, 0.25) is 0 Å². The predicted octanol–water partition coefficient (Wildman–Crippen LogP) is 0.882. The van der Waals surface area contributed by atoms with Gasteiger partial charge >= 0.3 is 5.97 Å². The fraction of sp³-hybridized carbons (Fsp3) is 0.500. The molecule has 0 aliphatic carbocycles. The van der Waals surface area contributed by atoms with Gasteiger partial charge in [-0.05, 0) is 13.8 Å². The number of aromatic nitrogens is 1. The lowest BCUT2D eigenvalue weighted by Crippen LogP contribution is -2.49. The molecule has 1 heterocycles. The summed E-state index contributed by atoms with van der Waals surface area (Å²) >= 11 is 1.29. The summed E-state index contributed by atoms with van der Waals surface area (Å²) in [6, 6.07) is 0. The van der Waals surface area contributed by atoms with Crippen molar-refractivity contribution in [2.45, 2.75) is 26.0 Å². The van der Waals surface area contributed by atoms with Crippen LogP contribution < -0.4 is 5.32 Å². The third kappa shape index (κ3) is 3.50. The third-order valence-electron chi connectivity index (χ3n) is 2.01. The normalized spacial score (nSPS) is 11.2. The highest BCUT2D eigenvalue weighted by Gasteiger charge is 2.30. The van der Waals surface area contributed by atoms with Crippen molar-refractivity contribution in [1.82, 2.24) is 10.3 Å². The van der Waals surface area contributed by atoms with Crippen molar-refractivity contribution in [1.29, 1.82) is 0 Å². The Bertz CT molecular complexity index is 428. The standard InChI is InChI=1S/C10H14N2O4S/c1-10(2,9(14)15)12-8(13)6-5-17-7(11-6)4-16-3/h5H,4H2,1-3H3,(H,12,13)(H,14,15). The number of carboxylic acids is 1. The number of rotatable bonds is 5. The van der Waals surface area contributed by atoms with E-state index in [0.29, 0.717) is 11.6 Å². The second-order valence-electron chi connectivity index (χ2n) is 3.94. The number of methoxy groups -OCH3 is 1. The highest BCUT2D eigenvalue weighted by molar-refractivity contribution is 7.09. The Morgan fingerprint density at radius 1 is 1.59 bits per heavy atom. The first-order chi connectivity index (χ1) is 7.86. The molecule has 2 N–H and O–H groups in total. The molecule has 0 atom stereocenters. The number of amides is 1. The fourth-order valence-electron chi connectivity index (χ4n) is 1.01. The molecule has 0 unspecified atom stereocenters. The van der Waals surface area contributed by atoms with Gasteiger partial charge in [0, 0.05) is 12.5 Å². The van der Waals surface area contributed by atoms with E-state index in [0.717, 1.165) is 0 Å². The van der Waals surface area contributed by atoms with Gasteiger partial charge in [-0.15, -0.1) is 11.3 Å². The molecule has 0 saturated heterocycles. The Labute approximate surface area is 103 Å². The average molecular weight is 258 g/mol. The van der Waals surface area contributed by atoms with E-state index in [2.05, 4.69) is 10.3 Å². The quantitative estimate of drug-likeness (QED) is 0.818. The summed E-state index contributed by atoms with van der Waals surface area (Å²) in [5, 5.41) is 13.5. The third-order valence-corrected chi connectivity index (χ3v) is 2.84. The van der Waals surface area contributed by atoms with Gasteiger partial charge in [-0.2, -0.15) is 0 Å². The molecule has 0 spiro atoms. The molecule has 1 rings (SSSR count). The number of thiazole rings is 1. The first-order valence-electron chi connectivity index (χ1n) is 4.86. The van der Waals surface area contributed by atoms with Crippen LogP contribution in [0.2, 0.25) is 0 Å². The lowest BCUT2D eigenvalue weighted by molar-refractivity contribution is -0.143. The maximum Gasteiger partial charge on any atom is 0.328 e. The molecule has 17 heavy (non-hydrogen) atoms. The molecule has 0 radical (unpaired) electrons. The van der Waals surface area contributed by atoms with E-state index in [1.54, 1.807) is 5.38 Å². The SMILES string of the molecule is COCc1nc(C(=O)NC(C)(C)C(=O)O)cs1. The van der Waals surface area contributed by atoms with Crippen LogP contribution in [0.4, 0.5) is 0 Å². The number of nitrogens with zero attached hydrogens (tertiary/aromatic N) is 1. The van der Waals surface area contributed by atoms with E-state index in [4.69, 9.17) is 9.84 Å². The number of nitrogens with one attached hydrogen (secondary N) is 1. The molecular weight excluding hydrogens is 244 g/mol. The summed E-state index contributed by atoms with van der Waals surface area (Å²) in [5.41, 5.74) is -1.11. The maximum atomic E-state index is 11.7. The van der Waals surface area contributed by atoms with Crippen LogP contribution in [0, 0.1) is 0 Å². The number of hydrogen-bond donors (Lipinski definition) is 2. The van der Waals surface area contributed by atoms with E-state index in [1.807, 2.05) is 0 Å². The van der Waals surface area contributed by atoms with Gasteiger partial charge in [-0.25, -0.2) is 9.78 Å². The van der Waals surface area contributed by atoms with E-state index < -0.39 is 17.4 Å². The lowest BCUT2D eigenvalue weighted by atomic mass is 10.1. The molecule has 0 fully saturated rings. The first-order valence-corrected chi connectivity index (χ1v) is 5.74. The fourth-order valence-corrected chi connectivity index (χ4v) is 1.75. The minimum atomic E-state index is -1.32. The zero-order valence-electron chi connectivity index (χ0n) is 9.81. The van der Waals surface area contributed by atoms with Crippen molar-refractivity contribution in [3.63, 3.8) is 0 Å². The highest BCUT2D eigenvalue weighted by Crippen LogP contribution is 2.12. The average Bonchev–Trinajstić information content (AvgIpc) is 2.66. The Morgan fingerprint density at radius 2 is 2.24 bits per heavy atom. The molecule has 7 heteroatoms. The Morgan fingerprint density at radius 3 is 2.76 bits per heavy atom. The van der Waals surface area contributed by atoms with Crippen LogP contribution in [0.5, 0.6) is 0 Å². The number of hydrogen-bond acceptors (Lipinski definition) is 5. The molecule has 0 saturated carbocycles. The predicted molar refractivity (Wildman–Crippen MR) is 62.0 cm³/mol. The van der Waals surface area contributed by atoms with E-state index in [-0.39, 0.29) is 5.69 Å². The second kappa shape index (κ2) is 5.24. The van der Waals surface area contributed by atoms with Gasteiger partial charge in [0.15, 0.2) is 0 Å². The van der Waals surface area contributed by atoms with Crippen LogP contribution >= 0.6 is 11.3 Å². The maximum absolute atomic E-state index is 11.7. The molecule has 94 valence electrons. The van der Waals surface area contributed by atoms with Crippen molar-refractivity contribution < 1.29 is 19.4 Å². The first kappa shape index (κ1) is 13.6. The topological polar surface area (TPSA) is 88.5 Å². The minimum absolute atomic E-state index is 0.205. The summed E-state index contributed by atoms with van der Waals surface area (Å²) < 4.78 is 4.88. The van der Waals surface area contributed by atoms with Crippen LogP contribution in [-0.4, -0.2) is 34.6 Å². The molecular formula is C10H14N2O4S. The summed E-state index contributed by atoms with van der Waals surface area (Å²) in [7, 11) is 1.54. The largest absolute Gasteiger partial charge is 0.480 e. The zero-order chi connectivity index (χ0) is 13.1. The minimum Gasteiger partial charge on any atom is -0.480 e. The summed E-state index contributed by atoms with van der Waals surface area (Å²) in [6.07, 6.45) is 0. The molecule has 1 aromatic heterocycles. The van der Waals surface area contributed by atoms with Crippen molar-refractivity contribution in [3.8, 4) is 0 Å². The Balaban J connectivity index is 2.73. The van der Waals surface area contributed by atoms with E-state index in [1.165, 1.54) is 32.3 Å². The van der Waals surface area contributed by atoms with Gasteiger partial charge in [0.05, 0.1) is 6.61 Å². The van der Waals surface area contributed by atoms with Crippen molar-refractivity contribution in [2.75, 3.05) is 7.11 Å². The van der Waals surface area contributed by atoms with Crippen molar-refractivity contribution in [2.24, 2.45) is 0 Å². The molecule has 0 bridgehead atoms. The second-order valence-corrected chi connectivity index (χ2v) is 4.89. The molecule has 0 aliphatic heterocycles. The number of aliphatic carboxylic acids is 1. The van der Waals surface area contributed by atoms with Gasteiger partial charge < -0.3 is 15.2 Å². The van der Waals surface area contributed by atoms with E-state index in [9.17, 15) is 9.59 Å². The van der Waals surface area contributed by atoms with Crippen molar-refractivity contribution in [3.05, 3.63) is 16.1 Å². The molecule has 0 aliphatic rings. The van der Waals surface area contributed by atoms with Crippen molar-refractivity contribution >= 4 is 23.2 Å². The van der Waals surface area contributed by atoms with Gasteiger partial charge in [-0.3, -0.25) is 4.79 Å². The van der Waals surface area contributed by atoms with Gasteiger partial charge in [-0.1, -0.05) is 0 Å². The Kier molecular flexibility index (Phi) is 4.19. The smallest absolute Gasteiger partial charge is 0.328 e. The molecule has 6 nitrogen and oxygen atoms in total. The number of carbonyl (C=O) groups excluding carboxylic acids is 1. The monoisotopic (exact) mass is 258 g/mol. The summed E-state index contributed by atoms with van der Waals surface area (Å²) in [5.74, 6) is -1.60. The molecule has 1 amide bonds. The lowest BCUT2D eigenvalue weighted by Gasteiger charge is -2.20. The van der Waals surface area contributed by atoms with Crippen LogP contribution in [0.3, 0.4) is 0 Å². The molecule has 0 aromatic carbocycles. The van der Waals surface area contributed by atoms with Crippen LogP contribution in [-0.2, 0) is 16.1 Å². The van der Waals surface area contributed by atoms with Crippen LogP contribution in [0.1, 0.15) is 29.3 Å². The Hall–Kier alpha value is -1.47. The van der Waals surface area contributed by atoms with Gasteiger partial charge in [0.1, 0.15) is 16.2 Å². The van der Waals surface area contributed by atoms with Crippen LogP contribution in [0.15, 0.2) is 5.38 Å². The molecule has 1 aromatic rings. The summed E-state index contributed by atoms with van der Waals surface area (Å²) in [6.45, 7) is 3.16. The van der Waals surface area contributed by atoms with Crippen LogP contribution in [0.25, 0.3) is 0 Å².